The monoisotopic (exact) mass is 378 g/mol. The zero-order valence-corrected chi connectivity index (χ0v) is 16.1. The van der Waals surface area contributed by atoms with Gasteiger partial charge in [-0.1, -0.05) is 55.5 Å². The summed E-state index contributed by atoms with van der Waals surface area (Å²) in [6.07, 6.45) is 5.29. The topological polar surface area (TPSA) is 74.8 Å². The average Bonchev–Trinajstić information content (AvgIpc) is 3.11. The lowest BCUT2D eigenvalue weighted by Crippen LogP contribution is -2.43. The van der Waals surface area contributed by atoms with E-state index in [1.165, 1.54) is 0 Å². The standard InChI is InChI=1S/C22H26N4O2/c1-3-28-19-13-11-18(12-14-19)20-16(2)21(25-24-20)22(27)26-23-15-7-10-17-8-5-4-6-9-17/h4-16,20-21,24-25H,3H2,1-2H3,(H,26,27)/b10-7+,23-15+. The molecule has 0 aromatic heterocycles. The Bertz CT molecular complexity index is 818. The first-order valence-corrected chi connectivity index (χ1v) is 9.47. The van der Waals surface area contributed by atoms with Crippen LogP contribution >= 0.6 is 0 Å². The molecule has 3 N–H and O–H groups in total. The molecule has 146 valence electrons. The van der Waals surface area contributed by atoms with Gasteiger partial charge in [-0.2, -0.15) is 5.10 Å². The number of carbonyl (C=O) groups is 1. The van der Waals surface area contributed by atoms with E-state index in [9.17, 15) is 4.79 Å². The number of amides is 1. The van der Waals surface area contributed by atoms with Gasteiger partial charge in [0.05, 0.1) is 12.6 Å². The molecule has 0 radical (unpaired) electrons. The molecule has 2 aromatic carbocycles. The minimum atomic E-state index is -0.369. The normalized spacial score (nSPS) is 22.0. The van der Waals surface area contributed by atoms with E-state index in [1.807, 2.05) is 74.5 Å². The maximum absolute atomic E-state index is 12.4. The molecule has 1 heterocycles. The third-order valence-electron chi connectivity index (χ3n) is 4.70. The molecule has 6 nitrogen and oxygen atoms in total. The van der Waals surface area contributed by atoms with Gasteiger partial charge in [-0.25, -0.2) is 16.3 Å². The van der Waals surface area contributed by atoms with Crippen molar-refractivity contribution in [3.05, 3.63) is 71.8 Å². The zero-order valence-electron chi connectivity index (χ0n) is 16.1. The predicted octanol–water partition coefficient (Wildman–Crippen LogP) is 3.05. The summed E-state index contributed by atoms with van der Waals surface area (Å²) in [6.45, 7) is 4.64. The van der Waals surface area contributed by atoms with Crippen LogP contribution in [0, 0.1) is 5.92 Å². The van der Waals surface area contributed by atoms with Crippen molar-refractivity contribution < 1.29 is 9.53 Å². The third kappa shape index (κ3) is 5.06. The molecule has 1 aliphatic rings. The number of hydrogen-bond donors (Lipinski definition) is 3. The van der Waals surface area contributed by atoms with E-state index in [0.29, 0.717) is 6.61 Å². The van der Waals surface area contributed by atoms with Crippen LogP contribution in [-0.2, 0) is 4.79 Å². The first-order chi connectivity index (χ1) is 13.7. The van der Waals surface area contributed by atoms with Crippen molar-refractivity contribution in [1.82, 2.24) is 16.3 Å². The number of nitrogens with zero attached hydrogens (tertiary/aromatic N) is 1. The van der Waals surface area contributed by atoms with Gasteiger partial charge in [0, 0.05) is 12.1 Å². The Hall–Kier alpha value is -2.96. The van der Waals surface area contributed by atoms with Gasteiger partial charge in [-0.15, -0.1) is 0 Å². The van der Waals surface area contributed by atoms with Crippen LogP contribution < -0.4 is 21.0 Å². The molecular weight excluding hydrogens is 352 g/mol. The number of carbonyl (C=O) groups excluding carboxylic acids is 1. The Morgan fingerprint density at radius 3 is 2.61 bits per heavy atom. The second-order valence-corrected chi connectivity index (χ2v) is 6.63. The van der Waals surface area contributed by atoms with Crippen molar-refractivity contribution >= 4 is 18.2 Å². The van der Waals surface area contributed by atoms with Crippen LogP contribution in [0.5, 0.6) is 5.75 Å². The fourth-order valence-corrected chi connectivity index (χ4v) is 3.20. The van der Waals surface area contributed by atoms with E-state index in [0.717, 1.165) is 16.9 Å². The number of hydrazine groups is 1. The van der Waals surface area contributed by atoms with E-state index >= 15 is 0 Å². The van der Waals surface area contributed by atoms with E-state index in [2.05, 4.69) is 21.4 Å². The van der Waals surface area contributed by atoms with Gasteiger partial charge in [0.2, 0.25) is 0 Å². The van der Waals surface area contributed by atoms with Gasteiger partial charge < -0.3 is 4.74 Å². The summed E-state index contributed by atoms with van der Waals surface area (Å²) >= 11 is 0. The van der Waals surface area contributed by atoms with Crippen LogP contribution in [0.15, 0.2) is 65.8 Å². The molecule has 28 heavy (non-hydrogen) atoms. The molecule has 1 amide bonds. The maximum Gasteiger partial charge on any atom is 0.258 e. The molecule has 0 spiro atoms. The van der Waals surface area contributed by atoms with Crippen LogP contribution in [0.1, 0.15) is 31.0 Å². The Labute approximate surface area is 165 Å². The lowest BCUT2D eigenvalue weighted by Gasteiger charge is -2.18. The van der Waals surface area contributed by atoms with E-state index in [4.69, 9.17) is 4.74 Å². The van der Waals surface area contributed by atoms with Gasteiger partial charge in [-0.3, -0.25) is 4.79 Å². The smallest absolute Gasteiger partial charge is 0.258 e. The summed E-state index contributed by atoms with van der Waals surface area (Å²) in [7, 11) is 0. The number of hydrazone groups is 1. The summed E-state index contributed by atoms with van der Waals surface area (Å²) in [5.74, 6) is 0.739. The SMILES string of the molecule is CCOc1ccc(C2NNC(C(=O)N/N=C/C=C/c3ccccc3)C2C)cc1. The maximum atomic E-state index is 12.4. The molecule has 3 atom stereocenters. The highest BCUT2D eigenvalue weighted by Gasteiger charge is 2.37. The summed E-state index contributed by atoms with van der Waals surface area (Å²) in [5.41, 5.74) is 11.1. The predicted molar refractivity (Wildman–Crippen MR) is 112 cm³/mol. The summed E-state index contributed by atoms with van der Waals surface area (Å²) in [4.78, 5) is 12.4. The number of rotatable bonds is 7. The summed E-state index contributed by atoms with van der Waals surface area (Å²) < 4.78 is 5.48. The fraction of sp³-hybridized carbons (Fsp3) is 0.273. The Morgan fingerprint density at radius 1 is 1.14 bits per heavy atom. The molecule has 0 saturated carbocycles. The number of allylic oxidation sites excluding steroid dienone is 1. The van der Waals surface area contributed by atoms with Crippen molar-refractivity contribution in [2.75, 3.05) is 6.61 Å². The molecule has 0 bridgehead atoms. The first-order valence-electron chi connectivity index (χ1n) is 9.47. The van der Waals surface area contributed by atoms with Gasteiger partial charge in [-0.05, 0) is 36.3 Å². The van der Waals surface area contributed by atoms with Crippen LogP contribution in [-0.4, -0.2) is 24.8 Å². The molecule has 1 fully saturated rings. The van der Waals surface area contributed by atoms with Crippen molar-refractivity contribution in [3.8, 4) is 5.75 Å². The molecule has 1 saturated heterocycles. The second kappa shape index (κ2) is 9.82. The Balaban J connectivity index is 1.52. The average molecular weight is 378 g/mol. The van der Waals surface area contributed by atoms with Crippen LogP contribution in [0.4, 0.5) is 0 Å². The second-order valence-electron chi connectivity index (χ2n) is 6.63. The summed E-state index contributed by atoms with van der Waals surface area (Å²) in [6, 6.07) is 17.5. The van der Waals surface area contributed by atoms with Gasteiger partial charge in [0.1, 0.15) is 11.8 Å². The minimum Gasteiger partial charge on any atom is -0.494 e. The molecule has 3 unspecified atom stereocenters. The minimum absolute atomic E-state index is 0.0355. The Kier molecular flexibility index (Phi) is 6.94. The van der Waals surface area contributed by atoms with Crippen LogP contribution in [0.25, 0.3) is 6.08 Å². The number of nitrogens with one attached hydrogen (secondary N) is 3. The molecule has 1 aliphatic heterocycles. The Morgan fingerprint density at radius 2 is 1.89 bits per heavy atom. The highest BCUT2D eigenvalue weighted by atomic mass is 16.5. The van der Waals surface area contributed by atoms with E-state index in [-0.39, 0.29) is 23.9 Å². The van der Waals surface area contributed by atoms with Crippen LogP contribution in [0.3, 0.4) is 0 Å². The van der Waals surface area contributed by atoms with Gasteiger partial charge >= 0.3 is 0 Å². The van der Waals surface area contributed by atoms with Crippen molar-refractivity contribution in [2.24, 2.45) is 11.0 Å². The zero-order chi connectivity index (χ0) is 19.8. The number of benzene rings is 2. The van der Waals surface area contributed by atoms with Crippen molar-refractivity contribution in [2.45, 2.75) is 25.9 Å². The van der Waals surface area contributed by atoms with E-state index in [1.54, 1.807) is 12.3 Å². The van der Waals surface area contributed by atoms with Crippen molar-refractivity contribution in [3.63, 3.8) is 0 Å². The van der Waals surface area contributed by atoms with Gasteiger partial charge in [0.15, 0.2) is 0 Å². The molecule has 3 rings (SSSR count). The highest BCUT2D eigenvalue weighted by Crippen LogP contribution is 2.29. The fourth-order valence-electron chi connectivity index (χ4n) is 3.20. The third-order valence-corrected chi connectivity index (χ3v) is 4.70. The molecule has 0 aliphatic carbocycles. The quantitative estimate of drug-likeness (QED) is 0.511. The van der Waals surface area contributed by atoms with Crippen molar-refractivity contribution in [1.29, 1.82) is 0 Å². The number of hydrogen-bond acceptors (Lipinski definition) is 5. The summed E-state index contributed by atoms with van der Waals surface area (Å²) in [5, 5.41) is 4.00. The molecule has 6 heteroatoms. The highest BCUT2D eigenvalue weighted by molar-refractivity contribution is 5.84. The van der Waals surface area contributed by atoms with Gasteiger partial charge in [0.25, 0.3) is 5.91 Å². The first kappa shape index (κ1) is 19.8. The largest absolute Gasteiger partial charge is 0.494 e. The van der Waals surface area contributed by atoms with Crippen LogP contribution in [0.2, 0.25) is 0 Å². The lowest BCUT2D eigenvalue weighted by molar-refractivity contribution is -0.123. The van der Waals surface area contributed by atoms with E-state index < -0.39 is 0 Å². The molecule has 2 aromatic rings. The number of ether oxygens (including phenoxy) is 1. The lowest BCUT2D eigenvalue weighted by atomic mass is 9.91. The molecular formula is C22H26N4O2.